The van der Waals surface area contributed by atoms with Crippen LogP contribution in [0.4, 0.5) is 0 Å². The molecule has 1 aliphatic heterocycles. The van der Waals surface area contributed by atoms with Gasteiger partial charge in [0.1, 0.15) is 11.3 Å². The van der Waals surface area contributed by atoms with Crippen molar-refractivity contribution in [2.45, 2.75) is 25.4 Å². The van der Waals surface area contributed by atoms with Crippen LogP contribution in [-0.4, -0.2) is 61.2 Å². The van der Waals surface area contributed by atoms with Crippen molar-refractivity contribution in [3.8, 4) is 5.75 Å². The van der Waals surface area contributed by atoms with Gasteiger partial charge in [-0.3, -0.25) is 4.90 Å². The number of aromatic carboxylic acids is 1. The Morgan fingerprint density at radius 3 is 2.86 bits per heavy atom. The van der Waals surface area contributed by atoms with E-state index in [0.717, 1.165) is 25.2 Å². The van der Waals surface area contributed by atoms with E-state index in [9.17, 15) is 4.79 Å². The molecule has 0 saturated carbocycles. The molecule has 1 aromatic rings. The van der Waals surface area contributed by atoms with Crippen LogP contribution in [0.5, 0.6) is 5.75 Å². The Morgan fingerprint density at radius 1 is 1.48 bits per heavy atom. The third-order valence-electron chi connectivity index (χ3n) is 4.11. The Balaban J connectivity index is 2.07. The van der Waals surface area contributed by atoms with Crippen molar-refractivity contribution >= 4 is 5.97 Å². The molecule has 5 heteroatoms. The fraction of sp³-hybridized carbons (Fsp3) is 0.562. The first-order chi connectivity index (χ1) is 10.0. The van der Waals surface area contributed by atoms with Crippen LogP contribution in [0, 0.1) is 0 Å². The Hall–Kier alpha value is -1.59. The van der Waals surface area contributed by atoms with Gasteiger partial charge in [-0.2, -0.15) is 0 Å². The van der Waals surface area contributed by atoms with E-state index in [0.29, 0.717) is 11.8 Å². The SMILES string of the molecule is COc1cc(CN2CCCC(N(C)C)C2)ccc1C(=O)O. The van der Waals surface area contributed by atoms with Crippen LogP contribution in [0.25, 0.3) is 0 Å². The van der Waals surface area contributed by atoms with Gasteiger partial charge >= 0.3 is 5.97 Å². The molecule has 1 heterocycles. The number of methoxy groups -OCH3 is 1. The second kappa shape index (κ2) is 6.91. The number of likely N-dealkylation sites (N-methyl/N-ethyl adjacent to an activating group) is 1. The first-order valence-electron chi connectivity index (χ1n) is 7.30. The monoisotopic (exact) mass is 292 g/mol. The summed E-state index contributed by atoms with van der Waals surface area (Å²) in [6, 6.07) is 5.94. The van der Waals surface area contributed by atoms with E-state index in [1.54, 1.807) is 6.07 Å². The summed E-state index contributed by atoms with van der Waals surface area (Å²) in [6.45, 7) is 2.98. The highest BCUT2D eigenvalue weighted by Crippen LogP contribution is 2.22. The fourth-order valence-electron chi connectivity index (χ4n) is 2.87. The van der Waals surface area contributed by atoms with Gasteiger partial charge in [-0.05, 0) is 51.2 Å². The number of nitrogens with zero attached hydrogens (tertiary/aromatic N) is 2. The van der Waals surface area contributed by atoms with Gasteiger partial charge in [0.2, 0.25) is 0 Å². The molecule has 1 aliphatic rings. The minimum absolute atomic E-state index is 0.214. The lowest BCUT2D eigenvalue weighted by molar-refractivity contribution is 0.0693. The van der Waals surface area contributed by atoms with Crippen LogP contribution in [0.2, 0.25) is 0 Å². The predicted octanol–water partition coefficient (Wildman–Crippen LogP) is 1.92. The third kappa shape index (κ3) is 3.95. The summed E-state index contributed by atoms with van der Waals surface area (Å²) < 4.78 is 5.19. The maximum absolute atomic E-state index is 11.1. The molecule has 5 nitrogen and oxygen atoms in total. The zero-order valence-electron chi connectivity index (χ0n) is 13.0. The topological polar surface area (TPSA) is 53.0 Å². The van der Waals surface area contributed by atoms with E-state index in [4.69, 9.17) is 9.84 Å². The first kappa shape index (κ1) is 15.8. The zero-order chi connectivity index (χ0) is 15.4. The summed E-state index contributed by atoms with van der Waals surface area (Å²) in [7, 11) is 5.76. The molecule has 1 N–H and O–H groups in total. The third-order valence-corrected chi connectivity index (χ3v) is 4.11. The van der Waals surface area contributed by atoms with E-state index in [-0.39, 0.29) is 5.56 Å². The Morgan fingerprint density at radius 2 is 2.24 bits per heavy atom. The molecule has 1 fully saturated rings. The second-order valence-corrected chi connectivity index (χ2v) is 5.83. The summed E-state index contributed by atoms with van der Waals surface area (Å²) >= 11 is 0. The maximum atomic E-state index is 11.1. The number of benzene rings is 1. The molecule has 1 atom stereocenters. The number of rotatable bonds is 5. The summed E-state index contributed by atoms with van der Waals surface area (Å²) in [6.07, 6.45) is 2.44. The van der Waals surface area contributed by atoms with Crippen molar-refractivity contribution in [2.75, 3.05) is 34.3 Å². The van der Waals surface area contributed by atoms with Crippen LogP contribution in [0.1, 0.15) is 28.8 Å². The standard InChI is InChI=1S/C16H24N2O3/c1-17(2)13-5-4-8-18(11-13)10-12-6-7-14(16(19)20)15(9-12)21-3/h6-7,9,13H,4-5,8,10-11H2,1-3H3,(H,19,20). The number of likely N-dealkylation sites (tertiary alicyclic amines) is 1. The molecule has 0 bridgehead atoms. The molecule has 2 rings (SSSR count). The van der Waals surface area contributed by atoms with Gasteiger partial charge in [-0.1, -0.05) is 6.07 Å². The smallest absolute Gasteiger partial charge is 0.339 e. The van der Waals surface area contributed by atoms with Crippen LogP contribution >= 0.6 is 0 Å². The molecular formula is C16H24N2O3. The van der Waals surface area contributed by atoms with Crippen molar-refractivity contribution in [2.24, 2.45) is 0 Å². The first-order valence-corrected chi connectivity index (χ1v) is 7.30. The maximum Gasteiger partial charge on any atom is 0.339 e. The molecule has 0 aromatic heterocycles. The van der Waals surface area contributed by atoms with E-state index >= 15 is 0 Å². The summed E-state index contributed by atoms with van der Waals surface area (Å²) in [5.74, 6) is -0.523. The van der Waals surface area contributed by atoms with Gasteiger partial charge in [-0.25, -0.2) is 4.79 Å². The van der Waals surface area contributed by atoms with E-state index < -0.39 is 5.97 Å². The Labute approximate surface area is 126 Å². The zero-order valence-corrected chi connectivity index (χ0v) is 13.0. The molecule has 0 amide bonds. The largest absolute Gasteiger partial charge is 0.496 e. The van der Waals surface area contributed by atoms with E-state index in [2.05, 4.69) is 23.9 Å². The molecule has 1 saturated heterocycles. The van der Waals surface area contributed by atoms with Crippen molar-refractivity contribution in [3.63, 3.8) is 0 Å². The molecule has 0 spiro atoms. The minimum Gasteiger partial charge on any atom is -0.496 e. The van der Waals surface area contributed by atoms with Crippen LogP contribution < -0.4 is 4.74 Å². The highest BCUT2D eigenvalue weighted by Gasteiger charge is 2.21. The lowest BCUT2D eigenvalue weighted by atomic mass is 10.0. The molecule has 1 aromatic carbocycles. The van der Waals surface area contributed by atoms with E-state index in [1.165, 1.54) is 20.0 Å². The van der Waals surface area contributed by atoms with Crippen molar-refractivity contribution in [1.29, 1.82) is 0 Å². The number of hydrogen-bond donors (Lipinski definition) is 1. The number of carboxylic acids is 1. The molecule has 0 radical (unpaired) electrons. The van der Waals surface area contributed by atoms with Gasteiger partial charge in [0.05, 0.1) is 7.11 Å². The summed E-state index contributed by atoms with van der Waals surface area (Å²) in [5, 5.41) is 9.11. The van der Waals surface area contributed by atoms with Gasteiger partial charge < -0.3 is 14.7 Å². The minimum atomic E-state index is -0.955. The van der Waals surface area contributed by atoms with Gasteiger partial charge in [0.25, 0.3) is 0 Å². The Kier molecular flexibility index (Phi) is 5.20. The average Bonchev–Trinajstić information content (AvgIpc) is 2.47. The molecule has 116 valence electrons. The number of piperidine rings is 1. The molecule has 0 aliphatic carbocycles. The normalized spacial score (nSPS) is 19.7. The summed E-state index contributed by atoms with van der Waals surface area (Å²) in [4.78, 5) is 15.8. The molecular weight excluding hydrogens is 268 g/mol. The van der Waals surface area contributed by atoms with Crippen LogP contribution in [-0.2, 0) is 6.54 Å². The van der Waals surface area contributed by atoms with Crippen LogP contribution in [0.3, 0.4) is 0 Å². The number of carboxylic acid groups (broad SMARTS) is 1. The fourth-order valence-corrected chi connectivity index (χ4v) is 2.87. The van der Waals surface area contributed by atoms with Crippen molar-refractivity contribution < 1.29 is 14.6 Å². The predicted molar refractivity (Wildman–Crippen MR) is 81.9 cm³/mol. The quantitative estimate of drug-likeness (QED) is 0.898. The average molecular weight is 292 g/mol. The number of carbonyl (C=O) groups is 1. The second-order valence-electron chi connectivity index (χ2n) is 5.83. The Bertz CT molecular complexity index is 502. The molecule has 21 heavy (non-hydrogen) atoms. The lowest BCUT2D eigenvalue weighted by Crippen LogP contribution is -2.44. The van der Waals surface area contributed by atoms with Crippen LogP contribution in [0.15, 0.2) is 18.2 Å². The van der Waals surface area contributed by atoms with Gasteiger partial charge in [-0.15, -0.1) is 0 Å². The van der Waals surface area contributed by atoms with E-state index in [1.807, 2.05) is 12.1 Å². The van der Waals surface area contributed by atoms with Crippen molar-refractivity contribution in [3.05, 3.63) is 29.3 Å². The number of hydrogen-bond acceptors (Lipinski definition) is 4. The highest BCUT2D eigenvalue weighted by molar-refractivity contribution is 5.90. The van der Waals surface area contributed by atoms with Gasteiger partial charge in [0.15, 0.2) is 0 Å². The van der Waals surface area contributed by atoms with Gasteiger partial charge in [0, 0.05) is 19.1 Å². The lowest BCUT2D eigenvalue weighted by Gasteiger charge is -2.36. The number of ether oxygens (including phenoxy) is 1. The highest BCUT2D eigenvalue weighted by atomic mass is 16.5. The molecule has 1 unspecified atom stereocenters. The van der Waals surface area contributed by atoms with Crippen molar-refractivity contribution in [1.82, 2.24) is 9.80 Å². The summed E-state index contributed by atoms with van der Waals surface area (Å²) in [5.41, 5.74) is 1.31.